The molecular formula is C25H20N4O2. The third-order valence-electron chi connectivity index (χ3n) is 5.22. The molecule has 0 aliphatic carbocycles. The van der Waals surface area contributed by atoms with Crippen LogP contribution in [0.3, 0.4) is 0 Å². The molecule has 0 unspecified atom stereocenters. The van der Waals surface area contributed by atoms with E-state index >= 15 is 0 Å². The highest BCUT2D eigenvalue weighted by atomic mass is 16.3. The number of benzene rings is 3. The number of carbonyl (C=O) groups is 1. The zero-order chi connectivity index (χ0) is 21.2. The maximum Gasteiger partial charge on any atom is 0.278 e. The summed E-state index contributed by atoms with van der Waals surface area (Å²) in [5, 5.41) is 18.5. The maximum atomic E-state index is 12.4. The van der Waals surface area contributed by atoms with Gasteiger partial charge in [-0.25, -0.2) is 4.98 Å². The molecule has 3 N–H and O–H groups in total. The number of nitrogens with one attached hydrogen (secondary N) is 2. The Labute approximate surface area is 179 Å². The monoisotopic (exact) mass is 408 g/mol. The summed E-state index contributed by atoms with van der Waals surface area (Å²) in [7, 11) is 0. The molecule has 1 aromatic heterocycles. The molecule has 1 aliphatic rings. The van der Waals surface area contributed by atoms with Crippen LogP contribution in [0.1, 0.15) is 10.5 Å². The van der Waals surface area contributed by atoms with Crippen molar-refractivity contribution >= 4 is 39.4 Å². The Kier molecular flexibility index (Phi) is 4.72. The molecule has 5 rings (SSSR count). The van der Waals surface area contributed by atoms with Crippen molar-refractivity contribution < 1.29 is 9.90 Å². The van der Waals surface area contributed by atoms with Gasteiger partial charge in [-0.2, -0.15) is 0 Å². The molecule has 2 heterocycles. The minimum Gasteiger partial charge on any atom is -0.505 e. The highest BCUT2D eigenvalue weighted by molar-refractivity contribution is 6.05. The fraction of sp³-hybridized carbons (Fsp3) is 0.0400. The summed E-state index contributed by atoms with van der Waals surface area (Å²) < 4.78 is 0. The van der Waals surface area contributed by atoms with E-state index in [0.717, 1.165) is 23.6 Å². The molecule has 1 aliphatic heterocycles. The summed E-state index contributed by atoms with van der Waals surface area (Å²) in [6.45, 7) is 0.735. The van der Waals surface area contributed by atoms with Crippen molar-refractivity contribution in [3.05, 3.63) is 97.0 Å². The summed E-state index contributed by atoms with van der Waals surface area (Å²) >= 11 is 0. The Morgan fingerprint density at radius 3 is 2.68 bits per heavy atom. The molecule has 152 valence electrons. The van der Waals surface area contributed by atoms with E-state index in [9.17, 15) is 9.90 Å². The SMILES string of the molecule is O=C(Nc1ccc(N2C=CCNc3c2ccc2ccccc32)cc1)c1ncccc1O. The predicted molar refractivity (Wildman–Crippen MR) is 124 cm³/mol. The van der Waals surface area contributed by atoms with Crippen molar-refractivity contribution in [2.24, 2.45) is 0 Å². The summed E-state index contributed by atoms with van der Waals surface area (Å²) in [6, 6.07) is 23.1. The second-order valence-corrected chi connectivity index (χ2v) is 7.19. The minimum atomic E-state index is -0.457. The molecule has 0 fully saturated rings. The number of carbonyl (C=O) groups excluding carboxylic acids is 1. The number of nitrogens with zero attached hydrogens (tertiary/aromatic N) is 2. The van der Waals surface area contributed by atoms with Gasteiger partial charge >= 0.3 is 0 Å². The number of hydrogen-bond acceptors (Lipinski definition) is 5. The Balaban J connectivity index is 1.44. The second kappa shape index (κ2) is 7.84. The van der Waals surface area contributed by atoms with Gasteiger partial charge in [-0.15, -0.1) is 0 Å². The van der Waals surface area contributed by atoms with E-state index in [1.165, 1.54) is 23.0 Å². The van der Waals surface area contributed by atoms with Crippen LogP contribution in [-0.4, -0.2) is 22.5 Å². The van der Waals surface area contributed by atoms with Gasteiger partial charge in [0.05, 0.1) is 11.4 Å². The average molecular weight is 408 g/mol. The summed E-state index contributed by atoms with van der Waals surface area (Å²) in [5.74, 6) is -0.607. The van der Waals surface area contributed by atoms with Crippen molar-refractivity contribution in [3.8, 4) is 5.75 Å². The first-order valence-electron chi connectivity index (χ1n) is 9.97. The molecule has 0 atom stereocenters. The number of rotatable bonds is 3. The molecule has 6 nitrogen and oxygen atoms in total. The van der Waals surface area contributed by atoms with Crippen LogP contribution in [0.4, 0.5) is 22.7 Å². The fourth-order valence-corrected chi connectivity index (χ4v) is 3.74. The first kappa shape index (κ1) is 18.7. The number of fused-ring (bicyclic) bond motifs is 3. The van der Waals surface area contributed by atoms with E-state index in [-0.39, 0.29) is 11.4 Å². The zero-order valence-electron chi connectivity index (χ0n) is 16.6. The largest absolute Gasteiger partial charge is 0.505 e. The Bertz CT molecular complexity index is 1300. The van der Waals surface area contributed by atoms with Crippen LogP contribution in [0.15, 0.2) is 91.3 Å². The highest BCUT2D eigenvalue weighted by Gasteiger charge is 2.17. The molecular weight excluding hydrogens is 388 g/mol. The van der Waals surface area contributed by atoms with Crippen LogP contribution in [0, 0.1) is 0 Å². The van der Waals surface area contributed by atoms with Gasteiger partial charge in [0.15, 0.2) is 5.69 Å². The van der Waals surface area contributed by atoms with E-state index in [0.29, 0.717) is 5.69 Å². The van der Waals surface area contributed by atoms with Crippen molar-refractivity contribution in [1.29, 1.82) is 0 Å². The van der Waals surface area contributed by atoms with Crippen molar-refractivity contribution in [1.82, 2.24) is 4.98 Å². The first-order valence-corrected chi connectivity index (χ1v) is 9.97. The molecule has 0 bridgehead atoms. The lowest BCUT2D eigenvalue weighted by Crippen LogP contribution is -2.14. The number of aromatic nitrogens is 1. The van der Waals surface area contributed by atoms with Gasteiger partial charge in [-0.05, 0) is 53.9 Å². The molecule has 6 heteroatoms. The standard InChI is InChI=1S/C25H20N4O2/c30-22-7-3-14-27-24(22)25(31)28-18-9-11-19(12-10-18)29-16-4-15-26-23-20-6-2-1-5-17(20)8-13-21(23)29/h1-14,16,26,30H,15H2,(H,28,31). The van der Waals surface area contributed by atoms with Crippen molar-refractivity contribution in [3.63, 3.8) is 0 Å². The van der Waals surface area contributed by atoms with E-state index in [4.69, 9.17) is 0 Å². The van der Waals surface area contributed by atoms with Gasteiger partial charge in [-0.1, -0.05) is 30.3 Å². The molecule has 3 aromatic carbocycles. The highest BCUT2D eigenvalue weighted by Crippen LogP contribution is 2.39. The fourth-order valence-electron chi connectivity index (χ4n) is 3.74. The minimum absolute atomic E-state index is 0.00564. The topological polar surface area (TPSA) is 77.5 Å². The third-order valence-corrected chi connectivity index (χ3v) is 5.22. The molecule has 1 amide bonds. The van der Waals surface area contributed by atoms with Crippen LogP contribution in [-0.2, 0) is 0 Å². The van der Waals surface area contributed by atoms with Crippen molar-refractivity contribution in [2.75, 3.05) is 22.1 Å². The van der Waals surface area contributed by atoms with E-state index < -0.39 is 5.91 Å². The van der Waals surface area contributed by atoms with E-state index in [1.807, 2.05) is 42.6 Å². The van der Waals surface area contributed by atoms with E-state index in [2.05, 4.69) is 50.9 Å². The molecule has 0 saturated heterocycles. The third kappa shape index (κ3) is 3.55. The number of aromatic hydroxyl groups is 1. The average Bonchev–Trinajstić information content (AvgIpc) is 3.03. The van der Waals surface area contributed by atoms with Crippen LogP contribution >= 0.6 is 0 Å². The molecule has 31 heavy (non-hydrogen) atoms. The summed E-state index contributed by atoms with van der Waals surface area (Å²) in [6.07, 6.45) is 5.60. The second-order valence-electron chi connectivity index (χ2n) is 7.19. The van der Waals surface area contributed by atoms with Gasteiger partial charge in [0.2, 0.25) is 0 Å². The maximum absolute atomic E-state index is 12.4. The van der Waals surface area contributed by atoms with Gasteiger partial charge in [0.1, 0.15) is 5.75 Å². The summed E-state index contributed by atoms with van der Waals surface area (Å²) in [5.41, 5.74) is 3.73. The first-order chi connectivity index (χ1) is 15.2. The van der Waals surface area contributed by atoms with Gasteiger partial charge in [0, 0.05) is 35.7 Å². The Morgan fingerprint density at radius 2 is 1.84 bits per heavy atom. The van der Waals surface area contributed by atoms with Crippen LogP contribution in [0.25, 0.3) is 10.8 Å². The van der Waals surface area contributed by atoms with Crippen molar-refractivity contribution in [2.45, 2.75) is 0 Å². The predicted octanol–water partition coefficient (Wildman–Crippen LogP) is 5.27. The van der Waals surface area contributed by atoms with Crippen LogP contribution in [0.5, 0.6) is 5.75 Å². The molecule has 0 radical (unpaired) electrons. The Hall–Kier alpha value is -4.32. The van der Waals surface area contributed by atoms with Gasteiger partial charge < -0.3 is 20.6 Å². The molecule has 0 saturated carbocycles. The summed E-state index contributed by atoms with van der Waals surface area (Å²) in [4.78, 5) is 18.5. The zero-order valence-corrected chi connectivity index (χ0v) is 16.6. The van der Waals surface area contributed by atoms with Gasteiger partial charge in [-0.3, -0.25) is 4.79 Å². The smallest absolute Gasteiger partial charge is 0.278 e. The van der Waals surface area contributed by atoms with Gasteiger partial charge in [0.25, 0.3) is 5.91 Å². The lowest BCUT2D eigenvalue weighted by Gasteiger charge is -2.23. The molecule has 0 spiro atoms. The number of anilines is 4. The quantitative estimate of drug-likeness (QED) is 0.430. The van der Waals surface area contributed by atoms with E-state index in [1.54, 1.807) is 6.07 Å². The molecule has 4 aromatic rings. The number of pyridine rings is 1. The number of amides is 1. The normalized spacial score (nSPS) is 12.7. The number of hydrogen-bond donors (Lipinski definition) is 3. The lowest BCUT2D eigenvalue weighted by molar-refractivity contribution is 0.101. The lowest BCUT2D eigenvalue weighted by atomic mass is 10.1. The van der Waals surface area contributed by atoms with Crippen LogP contribution < -0.4 is 15.5 Å². The van der Waals surface area contributed by atoms with Crippen LogP contribution in [0.2, 0.25) is 0 Å². The Morgan fingerprint density at radius 1 is 1.00 bits per heavy atom.